The number of halogens is 1. The van der Waals surface area contributed by atoms with E-state index < -0.39 is 0 Å². The highest BCUT2D eigenvalue weighted by Gasteiger charge is 2.16. The van der Waals surface area contributed by atoms with Crippen molar-refractivity contribution in [3.63, 3.8) is 0 Å². The van der Waals surface area contributed by atoms with Gasteiger partial charge in [-0.25, -0.2) is 4.98 Å². The van der Waals surface area contributed by atoms with Gasteiger partial charge in [0.1, 0.15) is 5.49 Å². The third-order valence-corrected chi connectivity index (χ3v) is 4.07. The number of H-pyrrole nitrogens is 1. The number of rotatable bonds is 2. The molecule has 17 heavy (non-hydrogen) atoms. The monoisotopic (exact) mass is 309 g/mol. The lowest BCUT2D eigenvalue weighted by molar-refractivity contribution is 0.104. The molecule has 0 saturated heterocycles. The Hall–Kier alpha value is -1.27. The minimum absolute atomic E-state index is 0.000880. The molecule has 0 aromatic carbocycles. The molecule has 1 aliphatic heterocycles. The van der Waals surface area contributed by atoms with Gasteiger partial charge in [0.05, 0.1) is 16.6 Å². The number of carbonyl (C=O) groups excluding carboxylic acids is 1. The van der Waals surface area contributed by atoms with Gasteiger partial charge in [0.25, 0.3) is 0 Å². The molecule has 0 radical (unpaired) electrons. The first-order valence-corrected chi connectivity index (χ1v) is 6.75. The lowest BCUT2D eigenvalue weighted by Crippen LogP contribution is -2.30. The lowest BCUT2D eigenvalue weighted by atomic mass is 10.1. The second-order valence-electron chi connectivity index (χ2n) is 3.65. The van der Waals surface area contributed by atoms with Crippen LogP contribution >= 0.6 is 27.3 Å². The minimum Gasteiger partial charge on any atom is -0.346 e. The maximum Gasteiger partial charge on any atom is 0.206 e. The number of aromatic amines is 1. The van der Waals surface area contributed by atoms with Crippen LogP contribution in [0.25, 0.3) is 6.08 Å². The molecule has 6 heteroatoms. The summed E-state index contributed by atoms with van der Waals surface area (Å²) in [4.78, 5) is 24.3. The number of hydrogen-bond donors (Lipinski definition) is 1. The highest BCUT2D eigenvalue weighted by Crippen LogP contribution is 2.20. The molecule has 4 nitrogen and oxygen atoms in total. The topological polar surface area (TPSA) is 58.1 Å². The van der Waals surface area contributed by atoms with Gasteiger partial charge in [-0.1, -0.05) is 6.08 Å². The number of thiazole rings is 1. The number of carbonyl (C=O) groups is 1. The van der Waals surface area contributed by atoms with E-state index in [1.165, 1.54) is 11.3 Å². The van der Waals surface area contributed by atoms with Crippen molar-refractivity contribution in [3.05, 3.63) is 37.5 Å². The fourth-order valence-electron chi connectivity index (χ4n) is 1.82. The summed E-state index contributed by atoms with van der Waals surface area (Å²) >= 11 is 4.60. The van der Waals surface area contributed by atoms with Crippen LogP contribution in [0.4, 0.5) is 0 Å². The molecule has 0 unspecified atom stereocenters. The van der Waals surface area contributed by atoms with Crippen LogP contribution in [-0.4, -0.2) is 22.3 Å². The predicted molar refractivity (Wildman–Crippen MR) is 68.8 cm³/mol. The Balaban J connectivity index is 2.12. The van der Waals surface area contributed by atoms with Crippen LogP contribution in [0.1, 0.15) is 21.7 Å². The maximum absolute atomic E-state index is 12.3. The highest BCUT2D eigenvalue weighted by molar-refractivity contribution is 9.11. The molecule has 0 spiro atoms. The second kappa shape index (κ2) is 4.19. The van der Waals surface area contributed by atoms with Gasteiger partial charge < -0.3 is 4.98 Å². The number of nitrogens with zero attached hydrogens (tertiary/aromatic N) is 2. The Kier molecular flexibility index (Phi) is 2.68. The van der Waals surface area contributed by atoms with Crippen molar-refractivity contribution in [1.82, 2.24) is 9.97 Å². The van der Waals surface area contributed by atoms with Gasteiger partial charge in [0.2, 0.25) is 5.78 Å². The Morgan fingerprint density at radius 3 is 3.18 bits per heavy atom. The Morgan fingerprint density at radius 1 is 1.53 bits per heavy atom. The molecular formula is C11H8BrN3OS. The third-order valence-electron chi connectivity index (χ3n) is 2.59. The molecule has 86 valence electrons. The quantitative estimate of drug-likeness (QED) is 0.849. The van der Waals surface area contributed by atoms with Gasteiger partial charge in [-0.15, -0.1) is 11.3 Å². The molecule has 3 heterocycles. The summed E-state index contributed by atoms with van der Waals surface area (Å²) in [5.74, 6) is -0.000880. The zero-order chi connectivity index (χ0) is 11.8. The summed E-state index contributed by atoms with van der Waals surface area (Å²) in [6.45, 7) is 0.785. The zero-order valence-electron chi connectivity index (χ0n) is 8.74. The molecule has 0 saturated carbocycles. The molecule has 3 rings (SSSR count). The molecule has 0 amide bonds. The number of nitrogens with one attached hydrogen (secondary N) is 1. The first-order chi connectivity index (χ1) is 8.25. The van der Waals surface area contributed by atoms with Gasteiger partial charge in [-0.05, 0) is 22.4 Å². The van der Waals surface area contributed by atoms with E-state index in [4.69, 9.17) is 0 Å². The fourth-order valence-corrected chi connectivity index (χ4v) is 3.05. The molecule has 2 aromatic rings. The normalized spacial score (nSPS) is 13.7. The summed E-state index contributed by atoms with van der Waals surface area (Å²) in [5.41, 5.74) is 1.49. The van der Waals surface area contributed by atoms with Crippen molar-refractivity contribution in [1.29, 1.82) is 0 Å². The van der Waals surface area contributed by atoms with Crippen molar-refractivity contribution in [2.75, 3.05) is 6.54 Å². The summed E-state index contributed by atoms with van der Waals surface area (Å²) in [6.07, 6.45) is 6.27. The molecule has 0 bridgehead atoms. The Labute approximate surface area is 109 Å². The van der Waals surface area contributed by atoms with Crippen LogP contribution < -0.4 is 10.7 Å². The molecule has 0 atom stereocenters. The average Bonchev–Trinajstić information content (AvgIpc) is 2.94. The SMILES string of the molecule is O=C(c1cnc(Br)s1)c1c[nH]c2c1=CCCN=2. The third kappa shape index (κ3) is 1.87. The summed E-state index contributed by atoms with van der Waals surface area (Å²) in [5, 5.41) is 0.922. The van der Waals surface area contributed by atoms with E-state index in [1.54, 1.807) is 12.4 Å². The van der Waals surface area contributed by atoms with Crippen molar-refractivity contribution in [2.45, 2.75) is 6.42 Å². The number of fused-ring (bicyclic) bond motifs is 1. The largest absolute Gasteiger partial charge is 0.346 e. The first-order valence-electron chi connectivity index (χ1n) is 5.14. The Bertz CT molecular complexity index is 701. The fraction of sp³-hybridized carbons (Fsp3) is 0.182. The summed E-state index contributed by atoms with van der Waals surface area (Å²) < 4.78 is 0.721. The van der Waals surface area contributed by atoms with E-state index in [0.29, 0.717) is 10.4 Å². The summed E-state index contributed by atoms with van der Waals surface area (Å²) in [6, 6.07) is 0. The minimum atomic E-state index is -0.000880. The van der Waals surface area contributed by atoms with Crippen LogP contribution in [0.2, 0.25) is 0 Å². The lowest BCUT2D eigenvalue weighted by Gasteiger charge is -1.96. The molecule has 1 N–H and O–H groups in total. The molecule has 0 fully saturated rings. The number of ketones is 1. The van der Waals surface area contributed by atoms with E-state index in [2.05, 4.69) is 37.0 Å². The highest BCUT2D eigenvalue weighted by atomic mass is 79.9. The zero-order valence-corrected chi connectivity index (χ0v) is 11.1. The van der Waals surface area contributed by atoms with Crippen LogP contribution in [-0.2, 0) is 0 Å². The average molecular weight is 310 g/mol. The molecular weight excluding hydrogens is 302 g/mol. The Morgan fingerprint density at radius 2 is 2.41 bits per heavy atom. The van der Waals surface area contributed by atoms with Gasteiger partial charge in [-0.3, -0.25) is 9.79 Å². The van der Waals surface area contributed by atoms with E-state index in [0.717, 1.165) is 27.6 Å². The summed E-state index contributed by atoms with van der Waals surface area (Å²) in [7, 11) is 0. The van der Waals surface area contributed by atoms with E-state index in [-0.39, 0.29) is 5.78 Å². The van der Waals surface area contributed by atoms with Crippen LogP contribution in [0, 0.1) is 0 Å². The van der Waals surface area contributed by atoms with Crippen molar-refractivity contribution in [3.8, 4) is 0 Å². The molecule has 0 aliphatic carbocycles. The van der Waals surface area contributed by atoms with Crippen LogP contribution in [0.3, 0.4) is 0 Å². The van der Waals surface area contributed by atoms with E-state index in [1.807, 2.05) is 0 Å². The maximum atomic E-state index is 12.3. The van der Waals surface area contributed by atoms with Gasteiger partial charge in [0.15, 0.2) is 3.92 Å². The van der Waals surface area contributed by atoms with Crippen molar-refractivity contribution in [2.24, 2.45) is 4.99 Å². The van der Waals surface area contributed by atoms with E-state index in [9.17, 15) is 4.79 Å². The first kappa shape index (κ1) is 10.9. The molecule has 1 aliphatic rings. The van der Waals surface area contributed by atoms with Crippen LogP contribution in [0.5, 0.6) is 0 Å². The van der Waals surface area contributed by atoms with Gasteiger partial charge in [-0.2, -0.15) is 0 Å². The predicted octanol–water partition coefficient (Wildman–Crippen LogP) is 1.27. The smallest absolute Gasteiger partial charge is 0.206 e. The van der Waals surface area contributed by atoms with Gasteiger partial charge >= 0.3 is 0 Å². The van der Waals surface area contributed by atoms with Gasteiger partial charge in [0, 0.05) is 18.0 Å². The van der Waals surface area contributed by atoms with Crippen molar-refractivity contribution >= 4 is 39.1 Å². The molecule has 2 aromatic heterocycles. The number of hydrogen-bond acceptors (Lipinski definition) is 4. The standard InChI is InChI=1S/C11H8BrN3OS/c12-11-15-5-8(17-11)9(16)7-4-14-10-6(7)2-1-3-13-10/h2,4-5H,1,3H2,(H,13,14). The van der Waals surface area contributed by atoms with Crippen LogP contribution in [0.15, 0.2) is 21.3 Å². The van der Waals surface area contributed by atoms with E-state index >= 15 is 0 Å². The second-order valence-corrected chi connectivity index (χ2v) is 5.95. The van der Waals surface area contributed by atoms with Crippen molar-refractivity contribution < 1.29 is 4.79 Å². The number of aromatic nitrogens is 2.